The molecule has 0 bridgehead atoms. The first-order valence-corrected chi connectivity index (χ1v) is 10.9. The summed E-state index contributed by atoms with van der Waals surface area (Å²) in [7, 11) is 0.455. The van der Waals surface area contributed by atoms with Gasteiger partial charge >= 0.3 is 0 Å². The van der Waals surface area contributed by atoms with Gasteiger partial charge in [-0.05, 0) is 29.8 Å². The fourth-order valence-corrected chi connectivity index (χ4v) is 4.20. The highest BCUT2D eigenvalue weighted by atomic mass is 32.2. The highest BCUT2D eigenvalue weighted by Gasteiger charge is 2.16. The van der Waals surface area contributed by atoms with E-state index < -0.39 is 10.0 Å². The standard InChI is InChI=1S/C22H26N4O2S/c1-26(2)20-10-8-18(9-11-20)5-4-13-23-15-16-25-29(27,28)22-7-3-6-19-17-24-14-12-21(19)22/h3-12,14,17,23,25H,13,15-16H2,1-2H3. The van der Waals surface area contributed by atoms with Gasteiger partial charge in [0.2, 0.25) is 10.0 Å². The first kappa shape index (κ1) is 21.0. The summed E-state index contributed by atoms with van der Waals surface area (Å²) in [6.45, 7) is 1.52. The molecule has 0 radical (unpaired) electrons. The van der Waals surface area contributed by atoms with Crippen LogP contribution in [0.5, 0.6) is 0 Å². The second-order valence-corrected chi connectivity index (χ2v) is 8.58. The van der Waals surface area contributed by atoms with E-state index in [1.165, 1.54) is 0 Å². The SMILES string of the molecule is CN(C)c1ccc(C=CCNCCNS(=O)(=O)c2cccc3cnccc23)cc1. The number of sulfonamides is 1. The van der Waals surface area contributed by atoms with Crippen molar-refractivity contribution in [1.29, 1.82) is 0 Å². The lowest BCUT2D eigenvalue weighted by atomic mass is 10.2. The van der Waals surface area contributed by atoms with Crippen molar-refractivity contribution in [2.75, 3.05) is 38.6 Å². The van der Waals surface area contributed by atoms with Crippen molar-refractivity contribution in [2.24, 2.45) is 0 Å². The third-order valence-corrected chi connectivity index (χ3v) is 6.03. The normalized spacial score (nSPS) is 11.9. The molecule has 7 heteroatoms. The summed E-state index contributed by atoms with van der Waals surface area (Å²) in [4.78, 5) is 6.38. The number of anilines is 1. The third-order valence-electron chi connectivity index (χ3n) is 4.51. The van der Waals surface area contributed by atoms with Gasteiger partial charge in [-0.1, -0.05) is 36.4 Å². The average molecular weight is 411 g/mol. The van der Waals surface area contributed by atoms with Crippen molar-refractivity contribution in [3.05, 3.63) is 72.6 Å². The van der Waals surface area contributed by atoms with Gasteiger partial charge in [-0.25, -0.2) is 13.1 Å². The van der Waals surface area contributed by atoms with Crippen LogP contribution >= 0.6 is 0 Å². The van der Waals surface area contributed by atoms with Crippen LogP contribution in [-0.2, 0) is 10.0 Å². The predicted molar refractivity (Wildman–Crippen MR) is 120 cm³/mol. The molecule has 2 N–H and O–H groups in total. The maximum absolute atomic E-state index is 12.6. The van der Waals surface area contributed by atoms with Gasteiger partial charge in [0, 0.05) is 62.6 Å². The highest BCUT2D eigenvalue weighted by molar-refractivity contribution is 7.89. The summed E-state index contributed by atoms with van der Waals surface area (Å²) >= 11 is 0. The van der Waals surface area contributed by atoms with Gasteiger partial charge in [-0.2, -0.15) is 0 Å². The Hall–Kier alpha value is -2.74. The van der Waals surface area contributed by atoms with Crippen molar-refractivity contribution in [3.8, 4) is 0 Å². The number of nitrogens with one attached hydrogen (secondary N) is 2. The van der Waals surface area contributed by atoms with Crippen molar-refractivity contribution in [1.82, 2.24) is 15.0 Å². The van der Waals surface area contributed by atoms with E-state index in [4.69, 9.17) is 0 Å². The summed E-state index contributed by atoms with van der Waals surface area (Å²) in [5.74, 6) is 0. The van der Waals surface area contributed by atoms with Crippen LogP contribution in [-0.4, -0.2) is 47.1 Å². The molecular weight excluding hydrogens is 384 g/mol. The van der Waals surface area contributed by atoms with Crippen LogP contribution in [0, 0.1) is 0 Å². The minimum Gasteiger partial charge on any atom is -0.378 e. The van der Waals surface area contributed by atoms with Gasteiger partial charge in [0.15, 0.2) is 0 Å². The van der Waals surface area contributed by atoms with Crippen LogP contribution in [0.3, 0.4) is 0 Å². The van der Waals surface area contributed by atoms with E-state index in [0.29, 0.717) is 25.0 Å². The van der Waals surface area contributed by atoms with Gasteiger partial charge in [-0.15, -0.1) is 0 Å². The molecule has 0 aliphatic carbocycles. The number of nitrogens with zero attached hydrogens (tertiary/aromatic N) is 2. The Bertz CT molecular complexity index is 1070. The Labute approximate surface area is 172 Å². The molecule has 0 fully saturated rings. The molecule has 3 aromatic rings. The van der Waals surface area contributed by atoms with E-state index in [9.17, 15) is 8.42 Å². The van der Waals surface area contributed by atoms with Crippen LogP contribution in [0.15, 0.2) is 71.9 Å². The molecule has 0 aliphatic rings. The summed E-state index contributed by atoms with van der Waals surface area (Å²) in [5, 5.41) is 4.69. The van der Waals surface area contributed by atoms with E-state index in [1.807, 2.05) is 32.3 Å². The Balaban J connectivity index is 1.46. The van der Waals surface area contributed by atoms with Crippen LogP contribution in [0.25, 0.3) is 16.8 Å². The fraction of sp³-hybridized carbons (Fsp3) is 0.227. The zero-order chi connectivity index (χ0) is 20.7. The molecule has 0 saturated carbocycles. The molecular formula is C22H26N4O2S. The lowest BCUT2D eigenvalue weighted by Gasteiger charge is -2.11. The summed E-state index contributed by atoms with van der Waals surface area (Å²) < 4.78 is 27.9. The minimum atomic E-state index is -3.57. The molecule has 0 amide bonds. The van der Waals surface area contributed by atoms with Gasteiger partial charge in [0.1, 0.15) is 0 Å². The number of aromatic nitrogens is 1. The number of fused-ring (bicyclic) bond motifs is 1. The van der Waals surface area contributed by atoms with E-state index in [2.05, 4.69) is 44.2 Å². The fourth-order valence-electron chi connectivity index (χ4n) is 2.94. The Morgan fingerprint density at radius 1 is 1.03 bits per heavy atom. The molecule has 6 nitrogen and oxygen atoms in total. The Morgan fingerprint density at radius 3 is 2.59 bits per heavy atom. The second-order valence-electron chi connectivity index (χ2n) is 6.84. The van der Waals surface area contributed by atoms with Crippen LogP contribution in [0.1, 0.15) is 5.56 Å². The lowest BCUT2D eigenvalue weighted by Crippen LogP contribution is -2.32. The van der Waals surface area contributed by atoms with Crippen LogP contribution in [0.2, 0.25) is 0 Å². The first-order chi connectivity index (χ1) is 14.0. The van der Waals surface area contributed by atoms with Gasteiger partial charge in [0.05, 0.1) is 4.90 Å². The number of rotatable bonds is 9. The zero-order valence-electron chi connectivity index (χ0n) is 16.7. The van der Waals surface area contributed by atoms with Crippen molar-refractivity contribution >= 4 is 32.6 Å². The van der Waals surface area contributed by atoms with Crippen molar-refractivity contribution < 1.29 is 8.42 Å². The number of benzene rings is 2. The largest absolute Gasteiger partial charge is 0.378 e. The first-order valence-electron chi connectivity index (χ1n) is 9.44. The molecule has 3 rings (SSSR count). The Kier molecular flexibility index (Phi) is 6.98. The van der Waals surface area contributed by atoms with Gasteiger partial charge in [-0.3, -0.25) is 4.98 Å². The van der Waals surface area contributed by atoms with Crippen LogP contribution < -0.4 is 14.9 Å². The quantitative estimate of drug-likeness (QED) is 0.531. The van der Waals surface area contributed by atoms with Gasteiger partial charge < -0.3 is 10.2 Å². The van der Waals surface area contributed by atoms with Gasteiger partial charge in [0.25, 0.3) is 0 Å². The maximum atomic E-state index is 12.6. The topological polar surface area (TPSA) is 74.3 Å². The monoisotopic (exact) mass is 410 g/mol. The number of hydrogen-bond acceptors (Lipinski definition) is 5. The smallest absolute Gasteiger partial charge is 0.241 e. The summed E-state index contributed by atoms with van der Waals surface area (Å²) in [5.41, 5.74) is 2.29. The molecule has 0 unspecified atom stereocenters. The molecule has 29 heavy (non-hydrogen) atoms. The molecule has 0 spiro atoms. The third kappa shape index (κ3) is 5.63. The Morgan fingerprint density at radius 2 is 1.83 bits per heavy atom. The predicted octanol–water partition coefficient (Wildman–Crippen LogP) is 2.88. The van der Waals surface area contributed by atoms with Crippen molar-refractivity contribution in [3.63, 3.8) is 0 Å². The molecule has 0 saturated heterocycles. The summed E-state index contributed by atoms with van der Waals surface area (Å²) in [6.07, 6.45) is 7.33. The van der Waals surface area contributed by atoms with E-state index in [-0.39, 0.29) is 4.90 Å². The zero-order valence-corrected chi connectivity index (χ0v) is 17.5. The molecule has 0 atom stereocenters. The number of pyridine rings is 1. The van der Waals surface area contributed by atoms with E-state index in [1.54, 1.807) is 30.6 Å². The molecule has 152 valence electrons. The van der Waals surface area contributed by atoms with Crippen LogP contribution in [0.4, 0.5) is 5.69 Å². The molecule has 2 aromatic carbocycles. The molecule has 1 aromatic heterocycles. The molecule has 1 heterocycles. The molecule has 0 aliphatic heterocycles. The lowest BCUT2D eigenvalue weighted by molar-refractivity contribution is 0.579. The van der Waals surface area contributed by atoms with E-state index >= 15 is 0 Å². The average Bonchev–Trinajstić information content (AvgIpc) is 2.73. The highest BCUT2D eigenvalue weighted by Crippen LogP contribution is 2.21. The number of hydrogen-bond donors (Lipinski definition) is 2. The second kappa shape index (κ2) is 9.65. The van der Waals surface area contributed by atoms with Crippen molar-refractivity contribution in [2.45, 2.75) is 4.90 Å². The maximum Gasteiger partial charge on any atom is 0.241 e. The van der Waals surface area contributed by atoms with E-state index in [0.717, 1.165) is 16.6 Å². The minimum absolute atomic E-state index is 0.276. The summed E-state index contributed by atoms with van der Waals surface area (Å²) in [6, 6.07) is 15.2.